The molecule has 0 aliphatic carbocycles. The second-order valence-corrected chi connectivity index (χ2v) is 4.90. The average molecular weight is 241 g/mol. The summed E-state index contributed by atoms with van der Waals surface area (Å²) in [7, 11) is 0. The zero-order valence-corrected chi connectivity index (χ0v) is 11.5. The molecule has 1 unspecified atom stereocenters. The lowest BCUT2D eigenvalue weighted by Crippen LogP contribution is -2.51. The highest BCUT2D eigenvalue weighted by Crippen LogP contribution is 2.10. The Kier molecular flexibility index (Phi) is 6.52. The van der Waals surface area contributed by atoms with Crippen molar-refractivity contribution >= 4 is 5.91 Å². The van der Waals surface area contributed by atoms with Crippen molar-refractivity contribution in [1.82, 2.24) is 15.1 Å². The van der Waals surface area contributed by atoms with Gasteiger partial charge >= 0.3 is 0 Å². The Morgan fingerprint density at radius 1 is 1.24 bits per heavy atom. The predicted molar refractivity (Wildman–Crippen MR) is 71.1 cm³/mol. The zero-order chi connectivity index (χ0) is 12.7. The second-order valence-electron chi connectivity index (χ2n) is 4.90. The summed E-state index contributed by atoms with van der Waals surface area (Å²) in [6.45, 7) is 12.0. The molecule has 0 radical (unpaired) electrons. The molecule has 4 nitrogen and oxygen atoms in total. The molecule has 100 valence electrons. The molecule has 1 saturated heterocycles. The Balaban J connectivity index is 2.23. The number of carbonyl (C=O) groups is 1. The first-order chi connectivity index (χ1) is 8.17. The molecule has 0 bridgehead atoms. The Morgan fingerprint density at radius 2 is 1.88 bits per heavy atom. The lowest BCUT2D eigenvalue weighted by molar-refractivity contribution is -0.122. The van der Waals surface area contributed by atoms with Gasteiger partial charge in [-0.15, -0.1) is 0 Å². The molecular weight excluding hydrogens is 214 g/mol. The van der Waals surface area contributed by atoms with Gasteiger partial charge in [-0.3, -0.25) is 14.6 Å². The lowest BCUT2D eigenvalue weighted by Gasteiger charge is -2.37. The number of hydrogen-bond donors (Lipinski definition) is 1. The van der Waals surface area contributed by atoms with Crippen molar-refractivity contribution in [2.24, 2.45) is 0 Å². The highest BCUT2D eigenvalue weighted by atomic mass is 16.2. The maximum atomic E-state index is 11.5. The number of hydrogen-bond acceptors (Lipinski definition) is 3. The van der Waals surface area contributed by atoms with E-state index in [1.807, 2.05) is 6.92 Å². The van der Waals surface area contributed by atoms with E-state index >= 15 is 0 Å². The first kappa shape index (κ1) is 14.5. The second kappa shape index (κ2) is 7.67. The van der Waals surface area contributed by atoms with E-state index in [2.05, 4.69) is 29.0 Å². The summed E-state index contributed by atoms with van der Waals surface area (Å²) in [4.78, 5) is 16.3. The fourth-order valence-corrected chi connectivity index (χ4v) is 2.42. The van der Waals surface area contributed by atoms with Crippen molar-refractivity contribution in [2.45, 2.75) is 39.7 Å². The third kappa shape index (κ3) is 5.04. The lowest BCUT2D eigenvalue weighted by atomic mass is 10.1. The van der Waals surface area contributed by atoms with E-state index in [0.717, 1.165) is 32.7 Å². The molecule has 0 aromatic heterocycles. The largest absolute Gasteiger partial charge is 0.355 e. The molecular formula is C13H27N3O. The van der Waals surface area contributed by atoms with Crippen molar-refractivity contribution in [3.8, 4) is 0 Å². The average Bonchev–Trinajstić information content (AvgIpc) is 2.30. The van der Waals surface area contributed by atoms with Gasteiger partial charge in [0.15, 0.2) is 0 Å². The van der Waals surface area contributed by atoms with Crippen LogP contribution in [0.15, 0.2) is 0 Å². The maximum Gasteiger partial charge on any atom is 0.234 e. The summed E-state index contributed by atoms with van der Waals surface area (Å²) in [5, 5.41) is 2.85. The molecule has 0 saturated carbocycles. The van der Waals surface area contributed by atoms with Gasteiger partial charge in [-0.1, -0.05) is 13.3 Å². The molecule has 1 aliphatic heterocycles. The van der Waals surface area contributed by atoms with Crippen LogP contribution < -0.4 is 5.32 Å². The normalized spacial score (nSPS) is 20.2. The van der Waals surface area contributed by atoms with Gasteiger partial charge < -0.3 is 5.32 Å². The molecule has 0 aromatic carbocycles. The summed E-state index contributed by atoms with van der Waals surface area (Å²) < 4.78 is 0. The highest BCUT2D eigenvalue weighted by molar-refractivity contribution is 5.77. The van der Waals surface area contributed by atoms with Gasteiger partial charge in [0.05, 0.1) is 6.54 Å². The molecule has 1 rings (SSSR count). The number of likely N-dealkylation sites (N-methyl/N-ethyl adjacent to an activating group) is 1. The molecule has 1 aliphatic rings. The van der Waals surface area contributed by atoms with Gasteiger partial charge in [0, 0.05) is 38.8 Å². The van der Waals surface area contributed by atoms with Crippen LogP contribution in [0.5, 0.6) is 0 Å². The number of amides is 1. The van der Waals surface area contributed by atoms with Gasteiger partial charge in [0.1, 0.15) is 0 Å². The third-order valence-corrected chi connectivity index (χ3v) is 3.48. The van der Waals surface area contributed by atoms with E-state index in [0.29, 0.717) is 12.6 Å². The summed E-state index contributed by atoms with van der Waals surface area (Å²) in [5.74, 6) is 0.155. The topological polar surface area (TPSA) is 35.6 Å². The SMILES string of the molecule is CCCC(C)N1CCN(CC(=O)NCC)CC1. The van der Waals surface area contributed by atoms with E-state index in [1.165, 1.54) is 12.8 Å². The van der Waals surface area contributed by atoms with Gasteiger partial charge in [-0.05, 0) is 20.3 Å². The first-order valence-corrected chi connectivity index (χ1v) is 6.90. The van der Waals surface area contributed by atoms with Crippen molar-refractivity contribution < 1.29 is 4.79 Å². The minimum absolute atomic E-state index is 0.155. The van der Waals surface area contributed by atoms with Crippen molar-refractivity contribution in [3.05, 3.63) is 0 Å². The number of piperazine rings is 1. The van der Waals surface area contributed by atoms with Crippen LogP contribution >= 0.6 is 0 Å². The zero-order valence-electron chi connectivity index (χ0n) is 11.5. The van der Waals surface area contributed by atoms with Gasteiger partial charge in [-0.2, -0.15) is 0 Å². The number of rotatable bonds is 6. The fourth-order valence-electron chi connectivity index (χ4n) is 2.42. The molecule has 1 heterocycles. The van der Waals surface area contributed by atoms with Gasteiger partial charge in [0.2, 0.25) is 5.91 Å². The number of carbonyl (C=O) groups excluding carboxylic acids is 1. The van der Waals surface area contributed by atoms with Crippen LogP contribution in [0.25, 0.3) is 0 Å². The molecule has 1 amide bonds. The summed E-state index contributed by atoms with van der Waals surface area (Å²) in [5.41, 5.74) is 0. The quantitative estimate of drug-likeness (QED) is 0.751. The van der Waals surface area contributed by atoms with Crippen LogP contribution in [0.3, 0.4) is 0 Å². The minimum Gasteiger partial charge on any atom is -0.355 e. The summed E-state index contributed by atoms with van der Waals surface area (Å²) >= 11 is 0. The Labute approximate surface area is 105 Å². The molecule has 1 fully saturated rings. The van der Waals surface area contributed by atoms with E-state index in [1.54, 1.807) is 0 Å². The maximum absolute atomic E-state index is 11.5. The van der Waals surface area contributed by atoms with E-state index < -0.39 is 0 Å². The molecule has 17 heavy (non-hydrogen) atoms. The molecule has 4 heteroatoms. The minimum atomic E-state index is 0.155. The number of nitrogens with one attached hydrogen (secondary N) is 1. The smallest absolute Gasteiger partial charge is 0.234 e. The van der Waals surface area contributed by atoms with Crippen LogP contribution in [0.2, 0.25) is 0 Å². The standard InChI is InChI=1S/C13H27N3O/c1-4-6-12(3)16-9-7-15(8-10-16)11-13(17)14-5-2/h12H,4-11H2,1-3H3,(H,14,17). The van der Waals surface area contributed by atoms with Crippen molar-refractivity contribution in [2.75, 3.05) is 39.3 Å². The highest BCUT2D eigenvalue weighted by Gasteiger charge is 2.21. The van der Waals surface area contributed by atoms with Crippen molar-refractivity contribution in [1.29, 1.82) is 0 Å². The Morgan fingerprint density at radius 3 is 2.41 bits per heavy atom. The van der Waals surface area contributed by atoms with Gasteiger partial charge in [-0.25, -0.2) is 0 Å². The fraction of sp³-hybridized carbons (Fsp3) is 0.923. The van der Waals surface area contributed by atoms with Crippen LogP contribution in [0.4, 0.5) is 0 Å². The van der Waals surface area contributed by atoms with Crippen LogP contribution in [0, 0.1) is 0 Å². The molecule has 0 aromatic rings. The molecule has 1 N–H and O–H groups in total. The van der Waals surface area contributed by atoms with Gasteiger partial charge in [0.25, 0.3) is 0 Å². The van der Waals surface area contributed by atoms with Crippen LogP contribution in [0.1, 0.15) is 33.6 Å². The number of nitrogens with zero attached hydrogens (tertiary/aromatic N) is 2. The van der Waals surface area contributed by atoms with E-state index in [9.17, 15) is 4.79 Å². The Hall–Kier alpha value is -0.610. The Bertz CT molecular complexity index is 225. The monoisotopic (exact) mass is 241 g/mol. The third-order valence-electron chi connectivity index (χ3n) is 3.48. The van der Waals surface area contributed by atoms with Crippen LogP contribution in [-0.2, 0) is 4.79 Å². The first-order valence-electron chi connectivity index (χ1n) is 6.90. The summed E-state index contributed by atoms with van der Waals surface area (Å²) in [6.07, 6.45) is 2.52. The van der Waals surface area contributed by atoms with Crippen molar-refractivity contribution in [3.63, 3.8) is 0 Å². The summed E-state index contributed by atoms with van der Waals surface area (Å²) in [6, 6.07) is 0.687. The van der Waals surface area contributed by atoms with Crippen LogP contribution in [-0.4, -0.2) is 61.0 Å². The van der Waals surface area contributed by atoms with E-state index in [4.69, 9.17) is 0 Å². The van der Waals surface area contributed by atoms with E-state index in [-0.39, 0.29) is 5.91 Å². The molecule has 1 atom stereocenters. The molecule has 0 spiro atoms. The predicted octanol–water partition coefficient (Wildman–Crippen LogP) is 0.929.